The van der Waals surface area contributed by atoms with Crippen molar-refractivity contribution in [3.8, 4) is 0 Å². The minimum atomic E-state index is -1.16. The van der Waals surface area contributed by atoms with E-state index in [1.165, 1.54) is 56.8 Å². The fourth-order valence-corrected chi connectivity index (χ4v) is 6.64. The third kappa shape index (κ3) is 4.31. The molecular weight excluding hydrogens is 484 g/mol. The molecule has 0 aromatic carbocycles. The standard InChI is InChI=1S/C17H17ClN6O4S3/c1-7(23-4-10(18)3-19-23)13(25)20-11-14(26)24-12(16(27)28)9(5-29-15(11)24)6-30-17-22-21-8(2)31-17/h3-4,7,11,15H,5-6H2,1-2H3,(H,20,25)(H,27,28)/t7-,11+,15-/m1/s1. The zero-order valence-electron chi connectivity index (χ0n) is 16.3. The van der Waals surface area contributed by atoms with Gasteiger partial charge in [0.2, 0.25) is 5.91 Å². The molecule has 2 amide bonds. The summed E-state index contributed by atoms with van der Waals surface area (Å²) in [5, 5.41) is 25.2. The van der Waals surface area contributed by atoms with Crippen molar-refractivity contribution in [2.24, 2.45) is 0 Å². The summed E-state index contributed by atoms with van der Waals surface area (Å²) in [6, 6.07) is -1.46. The van der Waals surface area contributed by atoms with E-state index in [1.807, 2.05) is 6.92 Å². The summed E-state index contributed by atoms with van der Waals surface area (Å²) in [6.07, 6.45) is 2.94. The van der Waals surface area contributed by atoms with Gasteiger partial charge in [0.15, 0.2) is 4.34 Å². The largest absolute Gasteiger partial charge is 0.477 e. The fourth-order valence-electron chi connectivity index (χ4n) is 3.20. The second kappa shape index (κ2) is 8.81. The van der Waals surface area contributed by atoms with E-state index in [9.17, 15) is 19.5 Å². The molecule has 2 N–H and O–H groups in total. The molecule has 4 rings (SSSR count). The third-order valence-electron chi connectivity index (χ3n) is 4.77. The summed E-state index contributed by atoms with van der Waals surface area (Å²) >= 11 is 10.1. The summed E-state index contributed by atoms with van der Waals surface area (Å²) in [7, 11) is 0. The second-order valence-corrected chi connectivity index (χ2v) is 10.8. The molecule has 3 atom stereocenters. The van der Waals surface area contributed by atoms with E-state index >= 15 is 0 Å². The van der Waals surface area contributed by atoms with Gasteiger partial charge >= 0.3 is 5.97 Å². The number of aromatic nitrogens is 4. The maximum atomic E-state index is 12.8. The lowest BCUT2D eigenvalue weighted by atomic mass is 10.0. The number of fused-ring (bicyclic) bond motifs is 1. The van der Waals surface area contributed by atoms with Crippen molar-refractivity contribution in [3.63, 3.8) is 0 Å². The number of rotatable bonds is 7. The van der Waals surface area contributed by atoms with E-state index < -0.39 is 35.2 Å². The molecule has 4 heterocycles. The van der Waals surface area contributed by atoms with E-state index in [2.05, 4.69) is 20.6 Å². The first-order chi connectivity index (χ1) is 14.8. The average molecular weight is 501 g/mol. The highest BCUT2D eigenvalue weighted by atomic mass is 35.5. The van der Waals surface area contributed by atoms with Crippen LogP contribution in [-0.2, 0) is 14.4 Å². The number of amides is 2. The Morgan fingerprint density at radius 3 is 2.84 bits per heavy atom. The number of hydrogen-bond donors (Lipinski definition) is 2. The van der Waals surface area contributed by atoms with Gasteiger partial charge in [0, 0.05) is 17.7 Å². The topological polar surface area (TPSA) is 130 Å². The first-order valence-corrected chi connectivity index (χ1v) is 12.3. The van der Waals surface area contributed by atoms with Crippen molar-refractivity contribution >= 4 is 64.2 Å². The van der Waals surface area contributed by atoms with Gasteiger partial charge in [-0.3, -0.25) is 19.2 Å². The van der Waals surface area contributed by atoms with Crippen molar-refractivity contribution in [2.45, 2.75) is 35.6 Å². The maximum absolute atomic E-state index is 12.8. The quantitative estimate of drug-likeness (QED) is 0.431. The van der Waals surface area contributed by atoms with Gasteiger partial charge in [-0.1, -0.05) is 34.7 Å². The number of aliphatic carboxylic acids is 1. The summed E-state index contributed by atoms with van der Waals surface area (Å²) < 4.78 is 2.15. The number of carbonyl (C=O) groups excluding carboxylic acids is 2. The molecule has 2 aromatic heterocycles. The minimum absolute atomic E-state index is 0.0140. The van der Waals surface area contributed by atoms with Crippen LogP contribution < -0.4 is 5.32 Å². The van der Waals surface area contributed by atoms with Gasteiger partial charge in [-0.25, -0.2) is 4.79 Å². The number of thioether (sulfide) groups is 2. The van der Waals surface area contributed by atoms with E-state index in [-0.39, 0.29) is 5.70 Å². The Labute approximate surface area is 194 Å². The van der Waals surface area contributed by atoms with Crippen LogP contribution in [0, 0.1) is 6.92 Å². The Morgan fingerprint density at radius 1 is 1.45 bits per heavy atom. The summed E-state index contributed by atoms with van der Waals surface area (Å²) in [6.45, 7) is 3.49. The molecule has 2 aliphatic rings. The minimum Gasteiger partial charge on any atom is -0.477 e. The molecular formula is C17H17ClN6O4S3. The number of nitrogens with one attached hydrogen (secondary N) is 1. The number of halogens is 1. The van der Waals surface area contributed by atoms with Crippen molar-refractivity contribution < 1.29 is 19.5 Å². The number of β-lactam (4-membered cyclic amide) rings is 1. The van der Waals surface area contributed by atoms with Gasteiger partial charge in [0.1, 0.15) is 28.2 Å². The Morgan fingerprint density at radius 2 is 2.23 bits per heavy atom. The average Bonchev–Trinajstić information content (AvgIpc) is 3.36. The molecule has 164 valence electrons. The number of carbonyl (C=O) groups is 3. The Bertz CT molecular complexity index is 1090. The van der Waals surface area contributed by atoms with Gasteiger partial charge in [-0.15, -0.1) is 22.0 Å². The number of aryl methyl sites for hydroxylation is 1. The monoisotopic (exact) mass is 500 g/mol. The lowest BCUT2D eigenvalue weighted by Gasteiger charge is -2.49. The molecule has 1 fully saturated rings. The molecule has 0 unspecified atom stereocenters. The van der Waals surface area contributed by atoms with Crippen LogP contribution in [-0.4, -0.2) is 70.7 Å². The zero-order chi connectivity index (χ0) is 22.3. The Hall–Kier alpha value is -2.09. The smallest absolute Gasteiger partial charge is 0.352 e. The lowest BCUT2D eigenvalue weighted by Crippen LogP contribution is -2.71. The molecule has 14 heteroatoms. The lowest BCUT2D eigenvalue weighted by molar-refractivity contribution is -0.151. The number of hydrogen-bond acceptors (Lipinski definition) is 9. The summed E-state index contributed by atoms with van der Waals surface area (Å²) in [5.74, 6) is -1.16. The Kier molecular flexibility index (Phi) is 6.28. The molecule has 2 aliphatic heterocycles. The summed E-state index contributed by atoms with van der Waals surface area (Å²) in [4.78, 5) is 38.5. The van der Waals surface area contributed by atoms with E-state index in [4.69, 9.17) is 11.6 Å². The van der Waals surface area contributed by atoms with Crippen molar-refractivity contribution in [1.29, 1.82) is 0 Å². The molecule has 31 heavy (non-hydrogen) atoms. The molecule has 0 bridgehead atoms. The highest BCUT2D eigenvalue weighted by Gasteiger charge is 2.54. The first kappa shape index (κ1) is 22.1. The van der Waals surface area contributed by atoms with Gasteiger partial charge in [-0.05, 0) is 19.4 Å². The first-order valence-electron chi connectivity index (χ1n) is 9.09. The SMILES string of the molecule is Cc1nnc(SCC2=C(C(=O)O)N3C(=O)[C@H](NC(=O)[C@@H](C)n4cc(Cl)cn4)[C@H]3SC2)s1. The molecule has 0 spiro atoms. The van der Waals surface area contributed by atoms with Crippen LogP contribution in [0.5, 0.6) is 0 Å². The predicted molar refractivity (Wildman–Crippen MR) is 117 cm³/mol. The van der Waals surface area contributed by atoms with Crippen LogP contribution in [0.2, 0.25) is 5.02 Å². The number of carboxylic acids is 1. The molecule has 1 saturated heterocycles. The van der Waals surface area contributed by atoms with Gasteiger partial charge in [-0.2, -0.15) is 5.10 Å². The molecule has 10 nitrogen and oxygen atoms in total. The van der Waals surface area contributed by atoms with Crippen molar-refractivity contribution in [3.05, 3.63) is 33.7 Å². The number of carboxylic acid groups (broad SMARTS) is 1. The summed E-state index contributed by atoms with van der Waals surface area (Å²) in [5.41, 5.74) is 0.629. The molecule has 0 radical (unpaired) electrons. The van der Waals surface area contributed by atoms with Crippen molar-refractivity contribution in [1.82, 2.24) is 30.2 Å². The molecule has 2 aromatic rings. The second-order valence-electron chi connectivity index (χ2n) is 6.84. The zero-order valence-corrected chi connectivity index (χ0v) is 19.5. The highest BCUT2D eigenvalue weighted by Crippen LogP contribution is 2.41. The van der Waals surface area contributed by atoms with Gasteiger partial charge in [0.05, 0.1) is 11.2 Å². The highest BCUT2D eigenvalue weighted by molar-refractivity contribution is 8.01. The van der Waals surface area contributed by atoms with Crippen LogP contribution in [0.15, 0.2) is 28.0 Å². The van der Waals surface area contributed by atoms with E-state index in [1.54, 1.807) is 6.92 Å². The van der Waals surface area contributed by atoms with Crippen LogP contribution in [0.25, 0.3) is 0 Å². The Balaban J connectivity index is 1.45. The molecule has 0 saturated carbocycles. The van der Waals surface area contributed by atoms with Crippen LogP contribution in [0.3, 0.4) is 0 Å². The number of nitrogens with zero attached hydrogens (tertiary/aromatic N) is 5. The van der Waals surface area contributed by atoms with Crippen molar-refractivity contribution in [2.75, 3.05) is 11.5 Å². The van der Waals surface area contributed by atoms with E-state index in [0.29, 0.717) is 22.1 Å². The predicted octanol–water partition coefficient (Wildman–Crippen LogP) is 1.79. The maximum Gasteiger partial charge on any atom is 0.352 e. The van der Waals surface area contributed by atoms with Crippen LogP contribution >= 0.6 is 46.5 Å². The molecule has 0 aliphatic carbocycles. The third-order valence-corrected chi connectivity index (χ3v) is 8.36. The van der Waals surface area contributed by atoms with Gasteiger partial charge < -0.3 is 10.4 Å². The fraction of sp³-hybridized carbons (Fsp3) is 0.412. The van der Waals surface area contributed by atoms with Crippen LogP contribution in [0.1, 0.15) is 18.0 Å². The van der Waals surface area contributed by atoms with Crippen LogP contribution in [0.4, 0.5) is 0 Å². The van der Waals surface area contributed by atoms with Gasteiger partial charge in [0.25, 0.3) is 5.91 Å². The van der Waals surface area contributed by atoms with E-state index in [0.717, 1.165) is 9.35 Å². The normalized spacial score (nSPS) is 21.5.